The molecular formula is C28H36N2O5. The minimum Gasteiger partial charge on any atom is -0.481 e. The number of carboxylic acid groups (broad SMARTS) is 1. The lowest BCUT2D eigenvalue weighted by molar-refractivity contribution is -0.138. The lowest BCUT2D eigenvalue weighted by atomic mass is 9.87. The monoisotopic (exact) mass is 480 g/mol. The van der Waals surface area contributed by atoms with E-state index in [0.29, 0.717) is 13.0 Å². The van der Waals surface area contributed by atoms with E-state index in [0.717, 1.165) is 22.3 Å². The molecule has 1 aliphatic rings. The number of benzene rings is 2. The fraction of sp³-hybridized carbons (Fsp3) is 0.464. The molecule has 0 radical (unpaired) electrons. The van der Waals surface area contributed by atoms with Gasteiger partial charge in [0.25, 0.3) is 0 Å². The topological polar surface area (TPSA) is 95.9 Å². The van der Waals surface area contributed by atoms with Crippen LogP contribution in [0.5, 0.6) is 0 Å². The smallest absolute Gasteiger partial charge is 0.407 e. The first-order valence-electron chi connectivity index (χ1n) is 12.2. The van der Waals surface area contributed by atoms with Crippen LogP contribution in [0, 0.1) is 5.41 Å². The molecule has 0 heterocycles. The number of hydrogen-bond acceptors (Lipinski definition) is 4. The van der Waals surface area contributed by atoms with Crippen LogP contribution in [0.4, 0.5) is 4.79 Å². The number of carbonyl (C=O) groups excluding carboxylic acids is 2. The van der Waals surface area contributed by atoms with E-state index >= 15 is 0 Å². The second kappa shape index (κ2) is 11.4. The summed E-state index contributed by atoms with van der Waals surface area (Å²) in [5, 5.41) is 11.8. The van der Waals surface area contributed by atoms with Crippen molar-refractivity contribution in [3.63, 3.8) is 0 Å². The van der Waals surface area contributed by atoms with Crippen LogP contribution in [0.3, 0.4) is 0 Å². The minimum absolute atomic E-state index is 0.0394. The molecule has 2 N–H and O–H groups in total. The summed E-state index contributed by atoms with van der Waals surface area (Å²) in [6, 6.07) is 15.9. The lowest BCUT2D eigenvalue weighted by Gasteiger charge is -2.29. The van der Waals surface area contributed by atoms with Crippen molar-refractivity contribution < 1.29 is 24.2 Å². The van der Waals surface area contributed by atoms with E-state index in [2.05, 4.69) is 29.6 Å². The van der Waals surface area contributed by atoms with Crippen molar-refractivity contribution >= 4 is 18.0 Å². The van der Waals surface area contributed by atoms with Crippen molar-refractivity contribution in [2.24, 2.45) is 5.41 Å². The number of amides is 2. The first kappa shape index (κ1) is 26.3. The summed E-state index contributed by atoms with van der Waals surface area (Å²) in [7, 11) is 0. The molecule has 7 heteroatoms. The molecule has 7 nitrogen and oxygen atoms in total. The Balaban J connectivity index is 1.65. The van der Waals surface area contributed by atoms with E-state index in [1.54, 1.807) is 0 Å². The highest BCUT2D eigenvalue weighted by atomic mass is 16.5. The summed E-state index contributed by atoms with van der Waals surface area (Å²) >= 11 is 0. The second-order valence-electron chi connectivity index (χ2n) is 10.3. The van der Waals surface area contributed by atoms with Crippen LogP contribution < -0.4 is 5.32 Å². The van der Waals surface area contributed by atoms with Crippen LogP contribution in [-0.2, 0) is 14.3 Å². The molecule has 0 aliphatic heterocycles. The van der Waals surface area contributed by atoms with Crippen molar-refractivity contribution in [3.8, 4) is 11.1 Å². The first-order chi connectivity index (χ1) is 16.6. The van der Waals surface area contributed by atoms with Crippen molar-refractivity contribution in [2.45, 2.75) is 58.9 Å². The Morgan fingerprint density at radius 3 is 2.11 bits per heavy atom. The third kappa shape index (κ3) is 7.07. The maximum atomic E-state index is 12.8. The van der Waals surface area contributed by atoms with Crippen LogP contribution in [0.15, 0.2) is 48.5 Å². The summed E-state index contributed by atoms with van der Waals surface area (Å²) in [6.07, 6.45) is 0.0139. The molecule has 1 aliphatic carbocycles. The van der Waals surface area contributed by atoms with Crippen LogP contribution in [0.1, 0.15) is 64.0 Å². The van der Waals surface area contributed by atoms with Crippen LogP contribution in [0.2, 0.25) is 0 Å². The quantitative estimate of drug-likeness (QED) is 0.496. The zero-order chi connectivity index (χ0) is 25.6. The Hall–Kier alpha value is -3.35. The van der Waals surface area contributed by atoms with Crippen LogP contribution >= 0.6 is 0 Å². The SMILES string of the molecule is CCN(CCC(=O)O)C(=O)CC(CC(C)(C)C)NC(=O)OCC1c2ccccc2-c2ccccc21. The molecule has 2 aromatic rings. The molecule has 2 amide bonds. The number of fused-ring (bicyclic) bond motifs is 3. The Kier molecular flexibility index (Phi) is 8.54. The second-order valence-corrected chi connectivity index (χ2v) is 10.3. The number of hydrogen-bond donors (Lipinski definition) is 2. The van der Waals surface area contributed by atoms with Crippen LogP contribution in [0.25, 0.3) is 11.1 Å². The molecule has 0 aromatic heterocycles. The highest BCUT2D eigenvalue weighted by molar-refractivity contribution is 5.80. The predicted molar refractivity (Wildman–Crippen MR) is 135 cm³/mol. The van der Waals surface area contributed by atoms with Gasteiger partial charge in [0.15, 0.2) is 0 Å². The van der Waals surface area contributed by atoms with Crippen molar-refractivity contribution in [1.82, 2.24) is 10.2 Å². The summed E-state index contributed by atoms with van der Waals surface area (Å²) < 4.78 is 5.68. The van der Waals surface area contributed by atoms with Gasteiger partial charge in [-0.3, -0.25) is 9.59 Å². The van der Waals surface area contributed by atoms with E-state index in [4.69, 9.17) is 9.84 Å². The zero-order valence-electron chi connectivity index (χ0n) is 21.0. The third-order valence-corrected chi connectivity index (χ3v) is 6.28. The maximum Gasteiger partial charge on any atom is 0.407 e. The summed E-state index contributed by atoms with van der Waals surface area (Å²) in [4.78, 5) is 38.1. The normalized spacial score (nSPS) is 13.5. The number of carbonyl (C=O) groups is 3. The fourth-order valence-electron chi connectivity index (χ4n) is 4.75. The molecule has 0 saturated carbocycles. The van der Waals surface area contributed by atoms with E-state index in [9.17, 15) is 14.4 Å². The van der Waals surface area contributed by atoms with Gasteiger partial charge in [-0.1, -0.05) is 69.3 Å². The Bertz CT molecular complexity index is 1010. The molecule has 35 heavy (non-hydrogen) atoms. The number of nitrogens with zero attached hydrogens (tertiary/aromatic N) is 1. The third-order valence-electron chi connectivity index (χ3n) is 6.28. The maximum absolute atomic E-state index is 12.8. The molecule has 1 unspecified atom stereocenters. The van der Waals surface area contributed by atoms with Gasteiger partial charge in [-0.25, -0.2) is 4.79 Å². The minimum atomic E-state index is -0.945. The van der Waals surface area contributed by atoms with Crippen molar-refractivity contribution in [1.29, 1.82) is 0 Å². The average Bonchev–Trinajstić information content (AvgIpc) is 3.10. The fourth-order valence-corrected chi connectivity index (χ4v) is 4.75. The van der Waals surface area contributed by atoms with Gasteiger partial charge < -0.3 is 20.1 Å². The van der Waals surface area contributed by atoms with Gasteiger partial charge in [-0.15, -0.1) is 0 Å². The molecule has 0 bridgehead atoms. The van der Waals surface area contributed by atoms with E-state index in [-0.39, 0.29) is 43.2 Å². The molecule has 0 saturated heterocycles. The van der Waals surface area contributed by atoms with Gasteiger partial charge in [-0.2, -0.15) is 0 Å². The van der Waals surface area contributed by atoms with E-state index in [1.807, 2.05) is 52.0 Å². The van der Waals surface area contributed by atoms with E-state index < -0.39 is 18.1 Å². The van der Waals surface area contributed by atoms with Crippen molar-refractivity contribution in [3.05, 3.63) is 59.7 Å². The van der Waals surface area contributed by atoms with Gasteiger partial charge in [0.05, 0.1) is 6.42 Å². The Labute approximate surface area is 207 Å². The molecule has 3 rings (SSSR count). The zero-order valence-corrected chi connectivity index (χ0v) is 21.0. The van der Waals surface area contributed by atoms with Gasteiger partial charge in [0.2, 0.25) is 5.91 Å². The number of ether oxygens (including phenoxy) is 1. The average molecular weight is 481 g/mol. The first-order valence-corrected chi connectivity index (χ1v) is 12.2. The predicted octanol–water partition coefficient (Wildman–Crippen LogP) is 5.04. The van der Waals surface area contributed by atoms with Crippen molar-refractivity contribution in [2.75, 3.05) is 19.7 Å². The number of rotatable bonds is 10. The number of nitrogens with one attached hydrogen (secondary N) is 1. The number of aliphatic carboxylic acids is 1. The lowest BCUT2D eigenvalue weighted by Crippen LogP contribution is -2.43. The molecule has 0 fully saturated rings. The largest absolute Gasteiger partial charge is 0.481 e. The highest BCUT2D eigenvalue weighted by Crippen LogP contribution is 2.44. The van der Waals surface area contributed by atoms with Gasteiger partial charge in [-0.05, 0) is 41.0 Å². The summed E-state index contributed by atoms with van der Waals surface area (Å²) in [5.74, 6) is -1.16. The molecule has 0 spiro atoms. The number of carboxylic acids is 1. The van der Waals surface area contributed by atoms with Gasteiger partial charge in [0, 0.05) is 31.5 Å². The Morgan fingerprint density at radius 2 is 1.60 bits per heavy atom. The summed E-state index contributed by atoms with van der Waals surface area (Å²) in [5.41, 5.74) is 4.48. The summed E-state index contributed by atoms with van der Waals surface area (Å²) in [6.45, 7) is 8.73. The highest BCUT2D eigenvalue weighted by Gasteiger charge is 2.30. The molecule has 2 aromatic carbocycles. The molecule has 1 atom stereocenters. The molecule has 188 valence electrons. The van der Waals surface area contributed by atoms with Gasteiger partial charge in [0.1, 0.15) is 6.61 Å². The van der Waals surface area contributed by atoms with Gasteiger partial charge >= 0.3 is 12.1 Å². The standard InChI is InChI=1S/C28H36N2O5/c1-5-30(15-14-26(32)33)25(31)16-19(17-28(2,3)4)29-27(34)35-18-24-22-12-8-6-10-20(22)21-11-7-9-13-23(21)24/h6-13,19,24H,5,14-18H2,1-4H3,(H,29,34)(H,32,33). The van der Waals surface area contributed by atoms with Crippen LogP contribution in [-0.4, -0.2) is 53.7 Å². The Morgan fingerprint density at radius 1 is 1.03 bits per heavy atom. The number of alkyl carbamates (subject to hydrolysis) is 1. The molecular weight excluding hydrogens is 444 g/mol. The van der Waals surface area contributed by atoms with E-state index in [1.165, 1.54) is 4.90 Å².